The van der Waals surface area contributed by atoms with Crippen molar-refractivity contribution in [1.82, 2.24) is 9.97 Å². The van der Waals surface area contributed by atoms with Gasteiger partial charge < -0.3 is 20.7 Å². The minimum atomic E-state index is -0.191. The predicted octanol–water partition coefficient (Wildman–Crippen LogP) is 0.466. The number of nitrogens with one attached hydrogen (secondary N) is 1. The monoisotopic (exact) mass is 260 g/mol. The lowest BCUT2D eigenvalue weighted by molar-refractivity contribution is 0.301. The molecular weight excluding hydrogens is 244 g/mol. The summed E-state index contributed by atoms with van der Waals surface area (Å²) in [6, 6.07) is 3.92. The van der Waals surface area contributed by atoms with E-state index >= 15 is 0 Å². The molecule has 2 aromatic rings. The molecule has 1 aliphatic rings. The maximum absolute atomic E-state index is 11.7. The largest absolute Gasteiger partial charge is 0.397 e. The average molecular weight is 260 g/mol. The Morgan fingerprint density at radius 3 is 2.95 bits per heavy atom. The van der Waals surface area contributed by atoms with E-state index in [1.54, 1.807) is 6.07 Å². The number of nitrogens with zero attached hydrogens (tertiary/aromatic N) is 2. The Morgan fingerprint density at radius 2 is 2.26 bits per heavy atom. The third-order valence-electron chi connectivity index (χ3n) is 3.43. The van der Waals surface area contributed by atoms with Gasteiger partial charge >= 0.3 is 0 Å². The Kier molecular flexibility index (Phi) is 2.87. The zero-order chi connectivity index (χ0) is 13.4. The Balaban J connectivity index is 2.12. The molecule has 0 saturated heterocycles. The molecule has 3 rings (SSSR count). The first kappa shape index (κ1) is 12.0. The number of aromatic amines is 1. The van der Waals surface area contributed by atoms with Crippen LogP contribution in [-0.4, -0.2) is 34.3 Å². The molecule has 1 aliphatic carbocycles. The first-order valence-corrected chi connectivity index (χ1v) is 6.35. The fourth-order valence-corrected chi connectivity index (χ4v) is 2.36. The summed E-state index contributed by atoms with van der Waals surface area (Å²) in [7, 11) is 0. The summed E-state index contributed by atoms with van der Waals surface area (Å²) >= 11 is 0. The van der Waals surface area contributed by atoms with Crippen LogP contribution in [0.3, 0.4) is 0 Å². The molecule has 0 atom stereocenters. The number of nitrogens with two attached hydrogens (primary N) is 1. The molecule has 6 heteroatoms. The topological polar surface area (TPSA) is 95.2 Å². The van der Waals surface area contributed by atoms with Gasteiger partial charge in [-0.1, -0.05) is 0 Å². The fraction of sp³-hybridized carbons (Fsp3) is 0.385. The van der Waals surface area contributed by atoms with Crippen molar-refractivity contribution in [3.63, 3.8) is 0 Å². The lowest BCUT2D eigenvalue weighted by Crippen LogP contribution is -2.29. The van der Waals surface area contributed by atoms with Crippen molar-refractivity contribution in [3.05, 3.63) is 28.8 Å². The Hall–Kier alpha value is -2.08. The highest BCUT2D eigenvalue weighted by molar-refractivity contribution is 5.88. The fourth-order valence-electron chi connectivity index (χ4n) is 2.36. The maximum atomic E-state index is 11.7. The van der Waals surface area contributed by atoms with E-state index in [9.17, 15) is 4.79 Å². The van der Waals surface area contributed by atoms with Crippen molar-refractivity contribution in [1.29, 1.82) is 0 Å². The Morgan fingerprint density at radius 1 is 1.47 bits per heavy atom. The van der Waals surface area contributed by atoms with Crippen molar-refractivity contribution in [2.24, 2.45) is 0 Å². The van der Waals surface area contributed by atoms with E-state index < -0.39 is 0 Å². The Bertz CT molecular complexity index is 663. The summed E-state index contributed by atoms with van der Waals surface area (Å²) in [5.74, 6) is 0. The van der Waals surface area contributed by atoms with Gasteiger partial charge in [-0.05, 0) is 25.0 Å². The van der Waals surface area contributed by atoms with Gasteiger partial charge in [0, 0.05) is 12.6 Å². The van der Waals surface area contributed by atoms with Gasteiger partial charge in [-0.2, -0.15) is 0 Å². The van der Waals surface area contributed by atoms with E-state index in [-0.39, 0.29) is 12.2 Å². The minimum absolute atomic E-state index is 0.0801. The molecule has 0 amide bonds. The lowest BCUT2D eigenvalue weighted by atomic mass is 10.1. The predicted molar refractivity (Wildman–Crippen MR) is 74.2 cm³/mol. The van der Waals surface area contributed by atoms with Crippen LogP contribution in [0.25, 0.3) is 10.9 Å². The van der Waals surface area contributed by atoms with Gasteiger partial charge in [-0.25, -0.2) is 4.98 Å². The molecule has 1 saturated carbocycles. The summed E-state index contributed by atoms with van der Waals surface area (Å²) in [5, 5.41) is 9.66. The molecule has 4 N–H and O–H groups in total. The first-order chi connectivity index (χ1) is 9.20. The van der Waals surface area contributed by atoms with E-state index in [1.165, 1.54) is 6.33 Å². The molecule has 0 radical (unpaired) electrons. The molecule has 100 valence electrons. The highest BCUT2D eigenvalue weighted by Gasteiger charge is 2.30. The third kappa shape index (κ3) is 2.15. The number of aliphatic hydroxyl groups excluding tert-OH is 1. The molecule has 1 fully saturated rings. The van der Waals surface area contributed by atoms with Crippen LogP contribution >= 0.6 is 0 Å². The summed E-state index contributed by atoms with van der Waals surface area (Å²) in [5.41, 5.74) is 7.88. The molecule has 0 spiro atoms. The standard InChI is InChI=1S/C13H16N4O2/c14-10-5-9-11(15-7-16-13(9)19)6-12(10)17(3-4-18)8-1-2-8/h5-8,18H,1-4,14H2,(H,15,16,19). The molecule has 6 nitrogen and oxygen atoms in total. The van der Waals surface area contributed by atoms with Crippen molar-refractivity contribution in [2.45, 2.75) is 18.9 Å². The van der Waals surface area contributed by atoms with Crippen molar-refractivity contribution >= 4 is 22.3 Å². The number of H-pyrrole nitrogens is 1. The zero-order valence-corrected chi connectivity index (χ0v) is 10.5. The normalized spacial score (nSPS) is 14.8. The van der Waals surface area contributed by atoms with Gasteiger partial charge in [0.1, 0.15) is 0 Å². The van der Waals surface area contributed by atoms with Gasteiger partial charge in [0.05, 0.1) is 35.2 Å². The van der Waals surface area contributed by atoms with E-state index in [0.29, 0.717) is 29.2 Å². The zero-order valence-electron chi connectivity index (χ0n) is 10.5. The van der Waals surface area contributed by atoms with Crippen molar-refractivity contribution in [3.8, 4) is 0 Å². The quantitative estimate of drug-likeness (QED) is 0.694. The number of aromatic nitrogens is 2. The molecule has 19 heavy (non-hydrogen) atoms. The van der Waals surface area contributed by atoms with Crippen molar-refractivity contribution < 1.29 is 5.11 Å². The number of hydrogen-bond acceptors (Lipinski definition) is 5. The second-order valence-corrected chi connectivity index (χ2v) is 4.81. The summed E-state index contributed by atoms with van der Waals surface area (Å²) in [4.78, 5) is 20.5. The minimum Gasteiger partial charge on any atom is -0.397 e. The van der Waals surface area contributed by atoms with Crippen LogP contribution in [0.1, 0.15) is 12.8 Å². The third-order valence-corrected chi connectivity index (χ3v) is 3.43. The summed E-state index contributed by atoms with van der Waals surface area (Å²) in [6.07, 6.45) is 3.61. The van der Waals surface area contributed by atoms with E-state index in [1.807, 2.05) is 6.07 Å². The van der Waals surface area contributed by atoms with E-state index in [4.69, 9.17) is 10.8 Å². The van der Waals surface area contributed by atoms with Crippen LogP contribution in [0.4, 0.5) is 11.4 Å². The highest BCUT2D eigenvalue weighted by Crippen LogP contribution is 2.35. The summed E-state index contributed by atoms with van der Waals surface area (Å²) in [6.45, 7) is 0.625. The van der Waals surface area contributed by atoms with Gasteiger partial charge in [-0.15, -0.1) is 0 Å². The lowest BCUT2D eigenvalue weighted by Gasteiger charge is -2.25. The van der Waals surface area contributed by atoms with Crippen LogP contribution in [0.15, 0.2) is 23.3 Å². The van der Waals surface area contributed by atoms with Crippen LogP contribution < -0.4 is 16.2 Å². The van der Waals surface area contributed by atoms with Crippen LogP contribution in [0, 0.1) is 0 Å². The van der Waals surface area contributed by atoms with E-state index in [0.717, 1.165) is 18.5 Å². The van der Waals surface area contributed by atoms with Gasteiger partial charge in [0.25, 0.3) is 5.56 Å². The highest BCUT2D eigenvalue weighted by atomic mass is 16.3. The van der Waals surface area contributed by atoms with Crippen LogP contribution in [0.2, 0.25) is 0 Å². The number of anilines is 2. The molecule has 1 aromatic heterocycles. The van der Waals surface area contributed by atoms with Gasteiger partial charge in [0.15, 0.2) is 0 Å². The second kappa shape index (κ2) is 4.55. The smallest absolute Gasteiger partial charge is 0.258 e. The first-order valence-electron chi connectivity index (χ1n) is 6.35. The second-order valence-electron chi connectivity index (χ2n) is 4.81. The molecule has 0 aliphatic heterocycles. The SMILES string of the molecule is Nc1cc2c(=O)[nH]cnc2cc1N(CCO)C1CC1. The van der Waals surface area contributed by atoms with Gasteiger partial charge in [-0.3, -0.25) is 4.79 Å². The van der Waals surface area contributed by atoms with E-state index in [2.05, 4.69) is 14.9 Å². The Labute approximate surface area is 109 Å². The van der Waals surface area contributed by atoms with Crippen LogP contribution in [0.5, 0.6) is 0 Å². The summed E-state index contributed by atoms with van der Waals surface area (Å²) < 4.78 is 0. The average Bonchev–Trinajstić information content (AvgIpc) is 3.21. The number of benzene rings is 1. The molecular formula is C13H16N4O2. The van der Waals surface area contributed by atoms with Crippen LogP contribution in [-0.2, 0) is 0 Å². The molecule has 1 aromatic carbocycles. The number of nitrogen functional groups attached to an aromatic ring is 1. The number of hydrogen-bond donors (Lipinski definition) is 3. The number of rotatable bonds is 4. The number of aliphatic hydroxyl groups is 1. The van der Waals surface area contributed by atoms with Crippen molar-refractivity contribution in [2.75, 3.05) is 23.8 Å². The molecule has 1 heterocycles. The molecule has 0 bridgehead atoms. The maximum Gasteiger partial charge on any atom is 0.258 e. The van der Waals surface area contributed by atoms with Gasteiger partial charge in [0.2, 0.25) is 0 Å². The molecule has 0 unspecified atom stereocenters. The number of fused-ring (bicyclic) bond motifs is 1.